The molecule has 0 amide bonds. The predicted octanol–water partition coefficient (Wildman–Crippen LogP) is 6.39. The maximum Gasteiger partial charge on any atom is 0.0578 e. The van der Waals surface area contributed by atoms with E-state index < -0.39 is 0 Å². The topological polar surface area (TPSA) is 12.0 Å². The molecule has 0 fully saturated rings. The van der Waals surface area contributed by atoms with Crippen LogP contribution >= 0.6 is 11.3 Å². The van der Waals surface area contributed by atoms with Crippen LogP contribution in [0.5, 0.6) is 0 Å². The van der Waals surface area contributed by atoms with Crippen LogP contribution in [0.3, 0.4) is 0 Å². The minimum atomic E-state index is 0.00718. The Hall–Kier alpha value is -2.58. The van der Waals surface area contributed by atoms with Gasteiger partial charge in [0.2, 0.25) is 0 Å². The van der Waals surface area contributed by atoms with Crippen LogP contribution in [0, 0.1) is 0 Å². The van der Waals surface area contributed by atoms with E-state index in [1.165, 1.54) is 42.2 Å². The number of nitrogens with one attached hydrogen (secondary N) is 1. The number of hydrogen-bond acceptors (Lipinski definition) is 2. The number of rotatable bonds is 0. The number of anilines is 1. The van der Waals surface area contributed by atoms with Crippen LogP contribution < -0.4 is 5.32 Å². The van der Waals surface area contributed by atoms with Gasteiger partial charge in [-0.2, -0.15) is 0 Å². The Bertz CT molecular complexity index is 1240. The third-order valence-electron chi connectivity index (χ3n) is 5.88. The molecule has 25 heavy (non-hydrogen) atoms. The average Bonchev–Trinajstić information content (AvgIpc) is 3.17. The maximum atomic E-state index is 3.83. The highest BCUT2D eigenvalue weighted by molar-refractivity contribution is 7.26. The Balaban J connectivity index is 1.91. The summed E-state index contributed by atoms with van der Waals surface area (Å²) in [6, 6.07) is 18.0. The Morgan fingerprint density at radius 2 is 1.68 bits per heavy atom. The maximum absolute atomic E-state index is 3.83. The van der Waals surface area contributed by atoms with Crippen molar-refractivity contribution < 1.29 is 0 Å². The second-order valence-corrected chi connectivity index (χ2v) is 8.30. The van der Waals surface area contributed by atoms with Gasteiger partial charge < -0.3 is 5.32 Å². The molecule has 1 aliphatic carbocycles. The van der Waals surface area contributed by atoms with Gasteiger partial charge in [-0.05, 0) is 18.4 Å². The molecule has 0 saturated carbocycles. The van der Waals surface area contributed by atoms with Gasteiger partial charge in [-0.15, -0.1) is 11.3 Å². The van der Waals surface area contributed by atoms with E-state index in [1.54, 1.807) is 0 Å². The van der Waals surface area contributed by atoms with E-state index in [1.807, 2.05) is 11.3 Å². The third kappa shape index (κ3) is 1.58. The summed E-state index contributed by atoms with van der Waals surface area (Å²) in [4.78, 5) is 0. The Kier molecular flexibility index (Phi) is 2.48. The van der Waals surface area contributed by atoms with Gasteiger partial charge in [-0.1, -0.05) is 66.8 Å². The molecule has 3 aromatic carbocycles. The molecule has 2 heterocycles. The number of allylic oxidation sites excluding steroid dienone is 2. The molecular formula is C23H17NS. The average molecular weight is 339 g/mol. The summed E-state index contributed by atoms with van der Waals surface area (Å²) < 4.78 is 2.81. The summed E-state index contributed by atoms with van der Waals surface area (Å²) in [7, 11) is 0. The van der Waals surface area contributed by atoms with Crippen LogP contribution in [-0.2, 0) is 5.41 Å². The molecule has 2 unspecified atom stereocenters. The molecule has 0 saturated heterocycles. The normalized spacial score (nSPS) is 24.0. The molecule has 6 rings (SSSR count). The van der Waals surface area contributed by atoms with Crippen molar-refractivity contribution in [2.75, 3.05) is 5.32 Å². The summed E-state index contributed by atoms with van der Waals surface area (Å²) in [5.74, 6) is 0. The molecule has 0 radical (unpaired) electrons. The minimum absolute atomic E-state index is 0.00718. The molecule has 0 spiro atoms. The van der Waals surface area contributed by atoms with Crippen molar-refractivity contribution in [3.63, 3.8) is 0 Å². The molecule has 1 aliphatic heterocycles. The van der Waals surface area contributed by atoms with Crippen molar-refractivity contribution in [3.05, 3.63) is 78.4 Å². The first-order chi connectivity index (χ1) is 12.3. The zero-order valence-electron chi connectivity index (χ0n) is 13.9. The number of benzene rings is 3. The van der Waals surface area contributed by atoms with Crippen LogP contribution in [0.15, 0.2) is 72.8 Å². The van der Waals surface area contributed by atoms with Crippen LogP contribution in [-0.4, -0.2) is 6.04 Å². The molecule has 120 valence electrons. The molecule has 1 aromatic heterocycles. The summed E-state index contributed by atoms with van der Waals surface area (Å²) in [6.07, 6.45) is 9.03. The van der Waals surface area contributed by atoms with Gasteiger partial charge in [-0.3, -0.25) is 0 Å². The van der Waals surface area contributed by atoms with Gasteiger partial charge >= 0.3 is 0 Å². The second kappa shape index (κ2) is 4.53. The fraction of sp³-hybridized carbons (Fsp3) is 0.130. The molecule has 0 bridgehead atoms. The van der Waals surface area contributed by atoms with Gasteiger partial charge in [0.1, 0.15) is 0 Å². The first kappa shape index (κ1) is 13.7. The van der Waals surface area contributed by atoms with Crippen molar-refractivity contribution in [1.82, 2.24) is 0 Å². The Morgan fingerprint density at radius 3 is 2.56 bits per heavy atom. The lowest BCUT2D eigenvalue weighted by molar-refractivity contribution is 0.583. The zero-order chi connectivity index (χ0) is 16.6. The van der Waals surface area contributed by atoms with E-state index in [0.717, 1.165) is 0 Å². The molecule has 2 aliphatic rings. The predicted molar refractivity (Wildman–Crippen MR) is 110 cm³/mol. The standard InChI is InChI=1S/C23H17NS/c1-23-13-7-6-12-18(23)24-21-15-9-3-2-8-14(15)19-16-10-4-5-11-17(16)25-22(19)20(21)23/h2-13,18,24H,1H3. The molecule has 1 nitrogen and oxygen atoms in total. The summed E-state index contributed by atoms with van der Waals surface area (Å²) in [6.45, 7) is 2.37. The summed E-state index contributed by atoms with van der Waals surface area (Å²) in [5.41, 5.74) is 2.79. The Labute approximate surface area is 150 Å². The number of thiophene rings is 1. The zero-order valence-corrected chi connectivity index (χ0v) is 14.7. The summed E-state index contributed by atoms with van der Waals surface area (Å²) >= 11 is 1.94. The minimum Gasteiger partial charge on any atom is -0.377 e. The van der Waals surface area contributed by atoms with E-state index in [4.69, 9.17) is 0 Å². The van der Waals surface area contributed by atoms with E-state index >= 15 is 0 Å². The molecule has 2 heteroatoms. The lowest BCUT2D eigenvalue weighted by atomic mass is 9.75. The largest absolute Gasteiger partial charge is 0.377 e. The molecule has 1 N–H and O–H groups in total. The number of hydrogen-bond donors (Lipinski definition) is 1. The van der Waals surface area contributed by atoms with Crippen molar-refractivity contribution in [2.24, 2.45) is 0 Å². The van der Waals surface area contributed by atoms with Gasteiger partial charge in [0.15, 0.2) is 0 Å². The van der Waals surface area contributed by atoms with E-state index in [9.17, 15) is 0 Å². The van der Waals surface area contributed by atoms with E-state index in [0.29, 0.717) is 6.04 Å². The first-order valence-corrected chi connectivity index (χ1v) is 9.58. The van der Waals surface area contributed by atoms with Crippen molar-refractivity contribution in [3.8, 4) is 0 Å². The quantitative estimate of drug-likeness (QED) is 0.391. The highest BCUT2D eigenvalue weighted by atomic mass is 32.1. The van der Waals surface area contributed by atoms with Gasteiger partial charge in [0, 0.05) is 42.2 Å². The number of fused-ring (bicyclic) bond motifs is 10. The SMILES string of the molecule is CC12C=CC=CC1Nc1c2c2sc3ccccc3c2c2ccccc12. The highest BCUT2D eigenvalue weighted by Gasteiger charge is 2.43. The van der Waals surface area contributed by atoms with E-state index in [2.05, 4.69) is 85.1 Å². The molecule has 2 atom stereocenters. The second-order valence-electron chi connectivity index (χ2n) is 7.25. The lowest BCUT2D eigenvalue weighted by Gasteiger charge is -2.29. The van der Waals surface area contributed by atoms with Gasteiger partial charge in [0.25, 0.3) is 0 Å². The van der Waals surface area contributed by atoms with Crippen molar-refractivity contribution in [1.29, 1.82) is 0 Å². The van der Waals surface area contributed by atoms with Crippen LogP contribution in [0.1, 0.15) is 12.5 Å². The van der Waals surface area contributed by atoms with Gasteiger partial charge in [0.05, 0.1) is 6.04 Å². The van der Waals surface area contributed by atoms with Crippen LogP contribution in [0.2, 0.25) is 0 Å². The van der Waals surface area contributed by atoms with Crippen LogP contribution in [0.25, 0.3) is 30.9 Å². The highest BCUT2D eigenvalue weighted by Crippen LogP contribution is 2.54. The van der Waals surface area contributed by atoms with Gasteiger partial charge in [-0.25, -0.2) is 0 Å². The van der Waals surface area contributed by atoms with Crippen molar-refractivity contribution >= 4 is 48.0 Å². The lowest BCUT2D eigenvalue weighted by Crippen LogP contribution is -2.33. The van der Waals surface area contributed by atoms with E-state index in [-0.39, 0.29) is 5.41 Å². The van der Waals surface area contributed by atoms with Crippen LogP contribution in [0.4, 0.5) is 5.69 Å². The third-order valence-corrected chi connectivity index (χ3v) is 7.07. The monoisotopic (exact) mass is 339 g/mol. The fourth-order valence-electron chi connectivity index (χ4n) is 4.65. The Morgan fingerprint density at radius 1 is 0.920 bits per heavy atom. The molecular weight excluding hydrogens is 322 g/mol. The first-order valence-electron chi connectivity index (χ1n) is 8.76. The van der Waals surface area contributed by atoms with Crippen molar-refractivity contribution in [2.45, 2.75) is 18.4 Å². The summed E-state index contributed by atoms with van der Waals surface area (Å²) in [5, 5.41) is 9.32. The molecule has 4 aromatic rings. The smallest absolute Gasteiger partial charge is 0.0578 e. The fourth-order valence-corrected chi connectivity index (χ4v) is 6.04.